The quantitative estimate of drug-likeness (QED) is 0.0179. The largest absolute Gasteiger partial charge is 0.497 e. The van der Waals surface area contributed by atoms with Crippen LogP contribution in [-0.4, -0.2) is 69.9 Å². The first-order valence-corrected chi connectivity index (χ1v) is 42.7. The molecule has 2 aromatic heterocycles. The van der Waals surface area contributed by atoms with Crippen LogP contribution in [0.4, 0.5) is 5.88 Å². The lowest BCUT2D eigenvalue weighted by Gasteiger charge is -2.17. The molecule has 580 valence electrons. The Morgan fingerprint density at radius 2 is 0.876 bits per heavy atom. The Hall–Kier alpha value is -9.69. The summed E-state index contributed by atoms with van der Waals surface area (Å²) < 4.78 is 19.9. The minimum atomic E-state index is -0.883. The lowest BCUT2D eigenvalue weighted by atomic mass is 9.83. The third-order valence-corrected chi connectivity index (χ3v) is 20.8. The topological polar surface area (TPSA) is 289 Å². The second-order valence-electron chi connectivity index (χ2n) is 23.6. The molecule has 0 unspecified atom stereocenters. The number of rotatable bonds is 20. The first-order chi connectivity index (χ1) is 54.5. The predicted octanol–water partition coefficient (Wildman–Crippen LogP) is 22.4. The summed E-state index contributed by atoms with van der Waals surface area (Å²) in [4.78, 5) is 102. The number of nitrogens with zero attached hydrogens (tertiary/aromatic N) is 2. The zero-order valence-electron chi connectivity index (χ0n) is 60.1. The third-order valence-electron chi connectivity index (χ3n) is 15.8. The number of nitro groups is 1. The van der Waals surface area contributed by atoms with Gasteiger partial charge in [0.05, 0.1) is 48.5 Å². The Balaban J connectivity index is 0.000000204. The van der Waals surface area contributed by atoms with Gasteiger partial charge in [0, 0.05) is 93.8 Å². The van der Waals surface area contributed by atoms with Gasteiger partial charge in [-0.25, -0.2) is 9.59 Å². The van der Waals surface area contributed by atoms with Crippen molar-refractivity contribution in [3.05, 3.63) is 387 Å². The number of ether oxygens (including phenoxy) is 2. The molecule has 12 aromatic rings. The summed E-state index contributed by atoms with van der Waals surface area (Å²) in [6, 6.07) is 79.5. The maximum atomic E-state index is 12.4. The molecule has 10 aromatic carbocycles. The van der Waals surface area contributed by atoms with Crippen molar-refractivity contribution in [1.82, 2.24) is 0 Å². The lowest BCUT2D eigenvalue weighted by molar-refractivity contribution is -0.402. The average molecular weight is 2040 g/mol. The normalized spacial score (nSPS) is 10.4. The van der Waals surface area contributed by atoms with Crippen molar-refractivity contribution in [3.63, 3.8) is 0 Å². The third kappa shape index (κ3) is 30.6. The Labute approximate surface area is 719 Å². The Morgan fingerprint density at radius 3 is 1.32 bits per heavy atom. The number of Topliss-reactive ketones (excluding diaryl/α,β-unsaturated/α-hetero) is 1. The Morgan fingerprint density at radius 1 is 0.442 bits per heavy atom. The van der Waals surface area contributed by atoms with E-state index in [9.17, 15) is 48.5 Å². The highest BCUT2D eigenvalue weighted by Gasteiger charge is 2.29. The number of methoxy groups -OCH3 is 1. The number of alkyl halides is 8. The van der Waals surface area contributed by atoms with Crippen LogP contribution in [0.3, 0.4) is 0 Å². The second kappa shape index (κ2) is 49.7. The molecule has 1 aliphatic carbocycles. The van der Waals surface area contributed by atoms with Gasteiger partial charge in [0.1, 0.15) is 22.0 Å². The number of halogens is 8. The van der Waals surface area contributed by atoms with E-state index in [2.05, 4.69) is 134 Å². The van der Waals surface area contributed by atoms with Gasteiger partial charge in [-0.2, -0.15) is 5.26 Å². The number of fused-ring (bicyclic) bond motifs is 3. The summed E-state index contributed by atoms with van der Waals surface area (Å²) in [6.07, 6.45) is 0.271. The summed E-state index contributed by atoms with van der Waals surface area (Å²) in [5.41, 5.74) is 14.6. The number of aromatic carboxylic acids is 1. The first kappa shape index (κ1) is 92.2. The molecule has 0 atom stereocenters. The van der Waals surface area contributed by atoms with Crippen LogP contribution in [0.5, 0.6) is 5.75 Å². The van der Waals surface area contributed by atoms with Crippen molar-refractivity contribution in [3.8, 4) is 11.8 Å². The number of carbonyl (C=O) groups is 7. The average Bonchev–Trinajstić information content (AvgIpc) is 0.766. The zero-order chi connectivity index (χ0) is 82.2. The summed E-state index contributed by atoms with van der Waals surface area (Å²) in [6.45, 7) is -0.220. The molecule has 0 aliphatic heterocycles. The van der Waals surface area contributed by atoms with Crippen molar-refractivity contribution in [2.24, 2.45) is 0 Å². The van der Waals surface area contributed by atoms with Gasteiger partial charge in [0.15, 0.2) is 29.7 Å². The van der Waals surface area contributed by atoms with Crippen LogP contribution in [0.25, 0.3) is 11.0 Å². The number of hydrogen-bond acceptors (Lipinski definition) is 15. The van der Waals surface area contributed by atoms with Crippen LogP contribution in [0.1, 0.15) is 130 Å². The van der Waals surface area contributed by atoms with Gasteiger partial charge in [-0.15, -0.1) is 0 Å². The number of carbonyl (C=O) groups excluding carboxylic acids is 5. The summed E-state index contributed by atoms with van der Waals surface area (Å²) in [7, 11) is 1.58. The monoisotopic (exact) mass is 2030 g/mol. The van der Waals surface area contributed by atoms with Gasteiger partial charge in [-0.05, 0) is 105 Å². The van der Waals surface area contributed by atoms with Gasteiger partial charge in [-0.3, -0.25) is 38.9 Å². The smallest absolute Gasteiger partial charge is 0.433 e. The molecule has 0 saturated heterocycles. The fourth-order valence-electron chi connectivity index (χ4n) is 9.86. The molecule has 1 aliphatic rings. The summed E-state index contributed by atoms with van der Waals surface area (Å²) in [5, 5.41) is 42.2. The van der Waals surface area contributed by atoms with E-state index in [1.165, 1.54) is 23.3 Å². The first-order valence-electron chi connectivity index (χ1n) is 33.8. The van der Waals surface area contributed by atoms with Gasteiger partial charge in [-0.1, -0.05) is 315 Å². The minimum Gasteiger partial charge on any atom is -0.497 e. The van der Waals surface area contributed by atoms with E-state index in [0.29, 0.717) is 72.0 Å². The van der Waals surface area contributed by atoms with Crippen molar-refractivity contribution >= 4 is 185 Å². The van der Waals surface area contributed by atoms with E-state index >= 15 is 0 Å². The highest BCUT2D eigenvalue weighted by molar-refractivity contribution is 9.09. The molecule has 0 radical (unpaired) electrons. The van der Waals surface area contributed by atoms with E-state index in [-0.39, 0.29) is 54.1 Å². The van der Waals surface area contributed by atoms with Crippen LogP contribution < -0.4 is 10.4 Å². The second-order valence-corrected chi connectivity index (χ2v) is 28.1. The Kier molecular flexibility index (Phi) is 40.6. The number of carboxylic acids is 2. The van der Waals surface area contributed by atoms with E-state index in [1.807, 2.05) is 152 Å². The molecule has 13 rings (SSSR count). The molecule has 18 nitrogen and oxygen atoms in total. The van der Waals surface area contributed by atoms with E-state index in [0.717, 1.165) is 82.1 Å². The number of carboxylic acid groups (broad SMARTS) is 2. The predicted molar refractivity (Wildman–Crippen MR) is 466 cm³/mol. The SMILES string of the molecule is COc1ccc2c(CBr)cc(=O)oc2c1.N#Cc1ccc(CBr)cc1.O=C(Cc1ccc(CBr)cc1)OCC(=O)c1ccccc1.O=C(O)Cc1ccc(CBr)cc1.O=C(O)c1ccc(CBr)cc1.O=C(c1ccccc1)c1ccc(CBr)cc1.O=C1c2ccccc2C(=O)c2cc(CBr)ccc21.O=[N+]([O-])c1ccc(CBr)o1. The molecular weight excluding hydrogens is 1970 g/mol. The van der Waals surface area contributed by atoms with Crippen molar-refractivity contribution in [2.75, 3.05) is 13.7 Å². The van der Waals surface area contributed by atoms with E-state index in [4.69, 9.17) is 33.8 Å². The Bertz CT molecular complexity index is 5240. The summed E-state index contributed by atoms with van der Waals surface area (Å²) in [5.74, 6) is -1.30. The van der Waals surface area contributed by atoms with Gasteiger partial charge >= 0.3 is 29.4 Å². The molecule has 0 fully saturated rings. The van der Waals surface area contributed by atoms with Crippen molar-refractivity contribution in [1.29, 1.82) is 5.26 Å². The summed E-state index contributed by atoms with van der Waals surface area (Å²) >= 11 is 26.5. The molecule has 0 spiro atoms. The molecule has 0 saturated carbocycles. The van der Waals surface area contributed by atoms with Crippen LogP contribution in [-0.2, 0) is 69.8 Å². The highest BCUT2D eigenvalue weighted by Crippen LogP contribution is 2.29. The maximum Gasteiger partial charge on any atom is 0.433 e. The van der Waals surface area contributed by atoms with E-state index in [1.54, 1.807) is 104 Å². The number of nitriles is 1. The fraction of sp³-hybridized carbons (Fsp3) is 0.138. The molecule has 2 heterocycles. The van der Waals surface area contributed by atoms with Crippen LogP contribution in [0, 0.1) is 21.4 Å². The van der Waals surface area contributed by atoms with Crippen LogP contribution in [0.15, 0.2) is 274 Å². The van der Waals surface area contributed by atoms with Crippen molar-refractivity contribution in [2.45, 2.75) is 55.5 Å². The zero-order valence-corrected chi connectivity index (χ0v) is 72.8. The van der Waals surface area contributed by atoms with E-state index < -0.39 is 22.8 Å². The standard InChI is InChI=1S/C17H15BrO3.C15H9BrO2.C14H11BrO.C11H9BrO3.C9H9BrO2.C8H6BrN.C8H7BrO2.C5H4BrNO3/c18-11-14-8-6-13(7-9-14)10-17(20)21-12-16(19)15-4-2-1-3-5-15;16-8-9-5-6-12-13(7-9)15(18)11-4-2-1-3-10(11)14(12)17;15-10-11-6-8-13(9-7-11)14(16)12-4-2-1-3-5-12;1-14-8-2-3-9-7(6-12)4-11(13)15-10(9)5-8;10-6-8-3-1-7(2-4-8)5-9(11)12;9-5-7-1-3-8(6-10)4-2-7;9-5-6-1-3-7(4-2-6)8(10)11;6-3-4-1-2-5(10-4)7(8)9/h1-9H,10-12H2;1-7H,8H2;1-9H,10H2;2-5H,6H2,1H3;1-4H,5-6H2,(H,11,12);1-4H,5H2;1-4H,5H2,(H,10,11);1-2H,3H2. The number of furan rings is 1. The molecular formula is C87H70Br8N2O16. The molecule has 26 heteroatoms. The minimum absolute atomic E-state index is 0.0667. The fourth-order valence-corrected chi connectivity index (χ4v) is 12.8. The lowest BCUT2D eigenvalue weighted by Crippen LogP contribution is -2.20. The molecule has 0 amide bonds. The maximum absolute atomic E-state index is 12.4. The molecule has 0 bridgehead atoms. The molecule has 2 N–H and O–H groups in total. The number of ketones is 4. The molecule has 113 heavy (non-hydrogen) atoms. The van der Waals surface area contributed by atoms with Gasteiger partial charge < -0.3 is 28.5 Å². The van der Waals surface area contributed by atoms with Crippen LogP contribution >= 0.6 is 127 Å². The van der Waals surface area contributed by atoms with Gasteiger partial charge in [0.25, 0.3) is 0 Å². The number of aliphatic carboxylic acids is 1. The van der Waals surface area contributed by atoms with Crippen LogP contribution in [0.2, 0.25) is 0 Å². The number of esters is 1. The van der Waals surface area contributed by atoms with Gasteiger partial charge in [0.2, 0.25) is 0 Å². The van der Waals surface area contributed by atoms with Crippen molar-refractivity contribution < 1.29 is 67.0 Å². The number of benzene rings is 10. The highest BCUT2D eigenvalue weighted by atomic mass is 79.9. The number of hydrogen-bond donors (Lipinski definition) is 2.